The summed E-state index contributed by atoms with van der Waals surface area (Å²) in [7, 11) is 1.57. The maximum absolute atomic E-state index is 12.4. The van der Waals surface area contributed by atoms with Gasteiger partial charge in [0.1, 0.15) is 5.75 Å². The number of ether oxygens (including phenoxy) is 1. The fraction of sp³-hybridized carbons (Fsp3) is 0.333. The van der Waals surface area contributed by atoms with E-state index >= 15 is 0 Å². The number of carbonyl (C=O) groups excluding carboxylic acids is 2. The lowest BCUT2D eigenvalue weighted by Crippen LogP contribution is -2.34. The van der Waals surface area contributed by atoms with Gasteiger partial charge in [0, 0.05) is 30.2 Å². The second-order valence-corrected chi connectivity index (χ2v) is 4.94. The molecule has 0 unspecified atom stereocenters. The summed E-state index contributed by atoms with van der Waals surface area (Å²) in [5, 5.41) is 0.724. The van der Waals surface area contributed by atoms with Crippen LogP contribution < -0.4 is 4.74 Å². The van der Waals surface area contributed by atoms with Gasteiger partial charge < -0.3 is 14.6 Å². The van der Waals surface area contributed by atoms with Crippen LogP contribution in [0.15, 0.2) is 24.4 Å². The lowest BCUT2D eigenvalue weighted by molar-refractivity contribution is -0.125. The van der Waals surface area contributed by atoms with Crippen LogP contribution in [0.4, 0.5) is 0 Å². The molecule has 5 heteroatoms. The van der Waals surface area contributed by atoms with E-state index in [0.717, 1.165) is 23.7 Å². The summed E-state index contributed by atoms with van der Waals surface area (Å²) in [4.78, 5) is 29.2. The summed E-state index contributed by atoms with van der Waals surface area (Å²) < 4.78 is 5.17. The SMILES string of the molecule is COc1ccc2[nH]cc(C(=O)C(=O)N3CCCC3)c2c1. The van der Waals surface area contributed by atoms with Crippen LogP contribution in [0.25, 0.3) is 10.9 Å². The van der Waals surface area contributed by atoms with E-state index in [1.807, 2.05) is 12.1 Å². The summed E-state index contributed by atoms with van der Waals surface area (Å²) in [6.07, 6.45) is 3.54. The Morgan fingerprint density at radius 2 is 2.00 bits per heavy atom. The van der Waals surface area contributed by atoms with Crippen molar-refractivity contribution in [2.45, 2.75) is 12.8 Å². The molecule has 0 spiro atoms. The van der Waals surface area contributed by atoms with Gasteiger partial charge in [-0.05, 0) is 31.0 Å². The average molecular weight is 272 g/mol. The molecule has 104 valence electrons. The minimum Gasteiger partial charge on any atom is -0.497 e. The van der Waals surface area contributed by atoms with E-state index in [0.29, 0.717) is 24.4 Å². The van der Waals surface area contributed by atoms with Gasteiger partial charge in [0.2, 0.25) is 0 Å². The molecule has 2 aromatic rings. The second kappa shape index (κ2) is 5.00. The number of amides is 1. The largest absolute Gasteiger partial charge is 0.497 e. The maximum atomic E-state index is 12.4. The Balaban J connectivity index is 1.96. The lowest BCUT2D eigenvalue weighted by atomic mass is 10.1. The van der Waals surface area contributed by atoms with Gasteiger partial charge in [0.25, 0.3) is 11.7 Å². The van der Waals surface area contributed by atoms with Crippen LogP contribution in [0.5, 0.6) is 5.75 Å². The Kier molecular flexibility index (Phi) is 3.18. The molecule has 0 bridgehead atoms. The first-order valence-corrected chi connectivity index (χ1v) is 6.69. The minimum absolute atomic E-state index is 0.411. The van der Waals surface area contributed by atoms with Crippen molar-refractivity contribution >= 4 is 22.6 Å². The van der Waals surface area contributed by atoms with Crippen molar-refractivity contribution in [2.75, 3.05) is 20.2 Å². The topological polar surface area (TPSA) is 62.4 Å². The number of H-pyrrole nitrogens is 1. The number of ketones is 1. The molecule has 3 rings (SSSR count). The Morgan fingerprint density at radius 1 is 1.25 bits per heavy atom. The minimum atomic E-state index is -0.452. The Bertz CT molecular complexity index is 669. The second-order valence-electron chi connectivity index (χ2n) is 4.94. The predicted octanol–water partition coefficient (Wildman–Crippen LogP) is 1.98. The number of hydrogen-bond acceptors (Lipinski definition) is 3. The highest BCUT2D eigenvalue weighted by Gasteiger charge is 2.27. The van der Waals surface area contributed by atoms with Crippen LogP contribution in [0.1, 0.15) is 23.2 Å². The monoisotopic (exact) mass is 272 g/mol. The third-order valence-corrected chi connectivity index (χ3v) is 3.72. The van der Waals surface area contributed by atoms with E-state index in [2.05, 4.69) is 4.98 Å². The molecule has 1 amide bonds. The number of rotatable bonds is 3. The molecule has 0 radical (unpaired) electrons. The molecule has 1 fully saturated rings. The summed E-state index contributed by atoms with van der Waals surface area (Å²) in [5.74, 6) is -0.197. The smallest absolute Gasteiger partial charge is 0.295 e. The number of hydrogen-bond donors (Lipinski definition) is 1. The Hall–Kier alpha value is -2.30. The van der Waals surface area contributed by atoms with E-state index in [4.69, 9.17) is 4.74 Å². The first-order chi connectivity index (χ1) is 9.70. The summed E-state index contributed by atoms with van der Waals surface area (Å²) >= 11 is 0. The van der Waals surface area contributed by atoms with Crippen LogP contribution in [0, 0.1) is 0 Å². The zero-order valence-corrected chi connectivity index (χ0v) is 11.3. The number of Topliss-reactive ketones (excluding diaryl/α,β-unsaturated/α-hetero) is 1. The normalized spacial score (nSPS) is 14.8. The van der Waals surface area contributed by atoms with Crippen molar-refractivity contribution < 1.29 is 14.3 Å². The zero-order valence-electron chi connectivity index (χ0n) is 11.3. The average Bonchev–Trinajstić information content (AvgIpc) is 3.14. The molecule has 1 aromatic heterocycles. The highest BCUT2D eigenvalue weighted by molar-refractivity contribution is 6.44. The summed E-state index contributed by atoms with van der Waals surface area (Å²) in [6.45, 7) is 1.35. The molecular weight excluding hydrogens is 256 g/mol. The molecule has 1 saturated heterocycles. The van der Waals surface area contributed by atoms with Crippen LogP contribution >= 0.6 is 0 Å². The predicted molar refractivity (Wildman–Crippen MR) is 75.0 cm³/mol. The molecule has 20 heavy (non-hydrogen) atoms. The molecule has 5 nitrogen and oxygen atoms in total. The van der Waals surface area contributed by atoms with Gasteiger partial charge in [0.05, 0.1) is 12.7 Å². The number of benzene rings is 1. The number of methoxy groups -OCH3 is 1. The molecule has 1 N–H and O–H groups in total. The van der Waals surface area contributed by atoms with E-state index in [9.17, 15) is 9.59 Å². The summed E-state index contributed by atoms with van der Waals surface area (Å²) in [5.41, 5.74) is 1.24. The van der Waals surface area contributed by atoms with Crippen LogP contribution in [0.2, 0.25) is 0 Å². The molecule has 1 aromatic carbocycles. The molecule has 1 aliphatic rings. The van der Waals surface area contributed by atoms with Gasteiger partial charge in [-0.1, -0.05) is 0 Å². The van der Waals surface area contributed by atoms with E-state index < -0.39 is 11.7 Å². The lowest BCUT2D eigenvalue weighted by Gasteiger charge is -2.13. The molecular formula is C15H16N2O3. The maximum Gasteiger partial charge on any atom is 0.295 e. The molecule has 0 aliphatic carbocycles. The van der Waals surface area contributed by atoms with Crippen molar-refractivity contribution in [1.82, 2.24) is 9.88 Å². The highest BCUT2D eigenvalue weighted by atomic mass is 16.5. The number of nitrogens with one attached hydrogen (secondary N) is 1. The van der Waals surface area contributed by atoms with Gasteiger partial charge in [0.15, 0.2) is 0 Å². The standard InChI is InChI=1S/C15H16N2O3/c1-20-10-4-5-13-11(8-10)12(9-16-13)14(18)15(19)17-6-2-3-7-17/h4-5,8-9,16H,2-3,6-7H2,1H3. The summed E-state index contributed by atoms with van der Waals surface area (Å²) in [6, 6.07) is 5.43. The van der Waals surface area contributed by atoms with E-state index in [-0.39, 0.29) is 0 Å². The van der Waals surface area contributed by atoms with E-state index in [1.54, 1.807) is 24.3 Å². The van der Waals surface area contributed by atoms with Gasteiger partial charge in [-0.15, -0.1) is 0 Å². The van der Waals surface area contributed by atoms with Crippen LogP contribution in [0.3, 0.4) is 0 Å². The quantitative estimate of drug-likeness (QED) is 0.686. The fourth-order valence-electron chi connectivity index (χ4n) is 2.59. The van der Waals surface area contributed by atoms with E-state index in [1.165, 1.54) is 0 Å². The van der Waals surface area contributed by atoms with Gasteiger partial charge >= 0.3 is 0 Å². The van der Waals surface area contributed by atoms with Crippen molar-refractivity contribution in [2.24, 2.45) is 0 Å². The third-order valence-electron chi connectivity index (χ3n) is 3.72. The van der Waals surface area contributed by atoms with Crippen molar-refractivity contribution in [1.29, 1.82) is 0 Å². The Labute approximate surface area is 116 Å². The van der Waals surface area contributed by atoms with Crippen molar-refractivity contribution in [3.8, 4) is 5.75 Å². The molecule has 0 saturated carbocycles. The van der Waals surface area contributed by atoms with Crippen molar-refractivity contribution in [3.05, 3.63) is 30.0 Å². The zero-order chi connectivity index (χ0) is 14.1. The van der Waals surface area contributed by atoms with Crippen molar-refractivity contribution in [3.63, 3.8) is 0 Å². The number of likely N-dealkylation sites (tertiary alicyclic amines) is 1. The number of aromatic amines is 1. The van der Waals surface area contributed by atoms with Gasteiger partial charge in [-0.25, -0.2) is 0 Å². The number of nitrogens with zero attached hydrogens (tertiary/aromatic N) is 1. The first kappa shape index (κ1) is 12.7. The Morgan fingerprint density at radius 3 is 2.70 bits per heavy atom. The van der Waals surface area contributed by atoms with Gasteiger partial charge in [-0.2, -0.15) is 0 Å². The van der Waals surface area contributed by atoms with Crippen LogP contribution in [-0.4, -0.2) is 41.8 Å². The molecule has 2 heterocycles. The van der Waals surface area contributed by atoms with Gasteiger partial charge in [-0.3, -0.25) is 9.59 Å². The highest BCUT2D eigenvalue weighted by Crippen LogP contribution is 2.24. The molecule has 1 aliphatic heterocycles. The first-order valence-electron chi connectivity index (χ1n) is 6.69. The fourth-order valence-corrected chi connectivity index (χ4v) is 2.59. The number of fused-ring (bicyclic) bond motifs is 1. The third kappa shape index (κ3) is 2.05. The van der Waals surface area contributed by atoms with Crippen LogP contribution in [-0.2, 0) is 4.79 Å². The number of aromatic nitrogens is 1. The molecule has 0 atom stereocenters. The number of carbonyl (C=O) groups is 2.